The number of anilines is 2. The van der Waals surface area contributed by atoms with Crippen molar-refractivity contribution >= 4 is 28.4 Å². The molecule has 158 valence electrons. The molecule has 2 N–H and O–H groups in total. The van der Waals surface area contributed by atoms with E-state index in [0.29, 0.717) is 29.6 Å². The van der Waals surface area contributed by atoms with Gasteiger partial charge in [-0.2, -0.15) is 5.10 Å². The van der Waals surface area contributed by atoms with Crippen LogP contribution in [-0.2, 0) is 4.79 Å². The average molecular weight is 415 g/mol. The van der Waals surface area contributed by atoms with Crippen LogP contribution < -0.4 is 10.2 Å². The Labute approximate surface area is 180 Å². The van der Waals surface area contributed by atoms with Gasteiger partial charge in [-0.15, -0.1) is 0 Å². The Morgan fingerprint density at radius 2 is 2.00 bits per heavy atom. The number of fused-ring (bicyclic) bond motifs is 7. The van der Waals surface area contributed by atoms with Gasteiger partial charge in [-0.05, 0) is 61.0 Å². The van der Waals surface area contributed by atoms with Crippen molar-refractivity contribution in [1.82, 2.24) is 25.5 Å². The lowest BCUT2D eigenvalue weighted by atomic mass is 9.98. The van der Waals surface area contributed by atoms with E-state index in [4.69, 9.17) is 0 Å². The number of nitrogens with one attached hydrogen (secondary N) is 2. The molecule has 3 heterocycles. The molecule has 3 aromatic rings. The van der Waals surface area contributed by atoms with Gasteiger partial charge in [-0.25, -0.2) is 9.97 Å². The first-order chi connectivity index (χ1) is 15.3. The lowest BCUT2D eigenvalue weighted by Crippen LogP contribution is -2.29. The molecule has 2 aromatic heterocycles. The van der Waals surface area contributed by atoms with E-state index in [2.05, 4.69) is 54.6 Å². The Morgan fingerprint density at radius 1 is 1.16 bits per heavy atom. The fourth-order valence-corrected chi connectivity index (χ4v) is 7.07. The molecule has 1 amide bonds. The summed E-state index contributed by atoms with van der Waals surface area (Å²) in [5.74, 6) is 4.97. The highest BCUT2D eigenvalue weighted by atomic mass is 16.2. The van der Waals surface area contributed by atoms with Crippen molar-refractivity contribution in [2.24, 2.45) is 29.6 Å². The van der Waals surface area contributed by atoms with E-state index in [1.807, 2.05) is 0 Å². The molecule has 7 rings (SSSR count). The van der Waals surface area contributed by atoms with Crippen LogP contribution in [0, 0.1) is 29.6 Å². The molecule has 31 heavy (non-hydrogen) atoms. The number of carbonyl (C=O) groups is 1. The summed E-state index contributed by atoms with van der Waals surface area (Å²) in [6.45, 7) is 1.59. The van der Waals surface area contributed by atoms with Crippen LogP contribution in [-0.4, -0.2) is 39.2 Å². The molecule has 6 atom stereocenters. The fourth-order valence-electron chi connectivity index (χ4n) is 7.07. The van der Waals surface area contributed by atoms with Gasteiger partial charge < -0.3 is 10.2 Å². The minimum absolute atomic E-state index is 0.311. The summed E-state index contributed by atoms with van der Waals surface area (Å²) >= 11 is 0. The van der Waals surface area contributed by atoms with Crippen LogP contribution in [0.25, 0.3) is 11.0 Å². The van der Waals surface area contributed by atoms with E-state index in [9.17, 15) is 4.79 Å². The number of amides is 1. The number of aromatic nitrogens is 4. The van der Waals surface area contributed by atoms with E-state index in [1.165, 1.54) is 30.5 Å². The summed E-state index contributed by atoms with van der Waals surface area (Å²) in [5, 5.41) is 11.3. The van der Waals surface area contributed by atoms with Gasteiger partial charge in [-0.1, -0.05) is 18.2 Å². The lowest BCUT2D eigenvalue weighted by Gasteiger charge is -2.19. The standard InChI is InChI=1S/C24H26N6O/c31-24(21-19-13-5-6-14(9-13)20(19)21)25-8-7-15-11-30(18-4-2-1-3-16(15)18)23-17-10-28-29-22(17)26-12-27-23/h1-4,10,12-15,19-21H,5-9,11H2,(H,25,31)(H,26,27,28,29)/t13-,14+,15?,19+,20-,21?. The molecule has 1 aliphatic heterocycles. The van der Waals surface area contributed by atoms with Crippen LogP contribution in [0.15, 0.2) is 36.8 Å². The van der Waals surface area contributed by atoms with Gasteiger partial charge in [0.1, 0.15) is 12.1 Å². The molecular formula is C24H26N6O. The second-order valence-electron chi connectivity index (χ2n) is 9.79. The molecule has 3 saturated carbocycles. The van der Waals surface area contributed by atoms with E-state index in [1.54, 1.807) is 12.5 Å². The summed E-state index contributed by atoms with van der Waals surface area (Å²) < 4.78 is 0. The van der Waals surface area contributed by atoms with Crippen molar-refractivity contribution in [3.05, 3.63) is 42.4 Å². The number of benzene rings is 1. The second-order valence-corrected chi connectivity index (χ2v) is 9.79. The number of para-hydroxylation sites is 1. The first-order valence-electron chi connectivity index (χ1n) is 11.6. The van der Waals surface area contributed by atoms with Gasteiger partial charge in [0.2, 0.25) is 5.91 Å². The zero-order valence-electron chi connectivity index (χ0n) is 17.4. The third-order valence-corrected chi connectivity index (χ3v) is 8.38. The molecule has 0 spiro atoms. The van der Waals surface area contributed by atoms with Gasteiger partial charge in [0.25, 0.3) is 0 Å². The SMILES string of the molecule is O=C(NCCC1CN(c2ncnc3[nH]ncc23)c2ccccc21)C1[C@@H]2[C@H]3CC[C@H](C3)[C@H]12. The normalized spacial score (nSPS) is 32.3. The molecule has 0 saturated heterocycles. The molecule has 1 aromatic carbocycles. The van der Waals surface area contributed by atoms with Crippen LogP contribution in [0.4, 0.5) is 11.5 Å². The Balaban J connectivity index is 1.06. The van der Waals surface area contributed by atoms with E-state index < -0.39 is 0 Å². The maximum absolute atomic E-state index is 12.8. The van der Waals surface area contributed by atoms with E-state index in [-0.39, 0.29) is 0 Å². The van der Waals surface area contributed by atoms with Crippen molar-refractivity contribution in [2.75, 3.05) is 18.0 Å². The van der Waals surface area contributed by atoms with Gasteiger partial charge in [-0.3, -0.25) is 9.89 Å². The van der Waals surface area contributed by atoms with Crippen molar-refractivity contribution in [1.29, 1.82) is 0 Å². The van der Waals surface area contributed by atoms with Crippen molar-refractivity contribution < 1.29 is 4.79 Å². The molecule has 7 heteroatoms. The quantitative estimate of drug-likeness (QED) is 0.668. The highest BCUT2D eigenvalue weighted by Gasteiger charge is 2.67. The van der Waals surface area contributed by atoms with Crippen molar-refractivity contribution in [3.63, 3.8) is 0 Å². The van der Waals surface area contributed by atoms with Gasteiger partial charge in [0, 0.05) is 30.6 Å². The second kappa shape index (κ2) is 6.52. The van der Waals surface area contributed by atoms with Crippen LogP contribution in [0.1, 0.15) is 37.2 Å². The number of hydrogen-bond acceptors (Lipinski definition) is 5. The average Bonchev–Trinajstić information content (AvgIpc) is 3.25. The molecule has 0 radical (unpaired) electrons. The Hall–Kier alpha value is -2.96. The molecule has 2 unspecified atom stereocenters. The Bertz CT molecular complexity index is 1160. The summed E-state index contributed by atoms with van der Waals surface area (Å²) in [4.78, 5) is 23.9. The summed E-state index contributed by atoms with van der Waals surface area (Å²) in [7, 11) is 0. The zero-order chi connectivity index (χ0) is 20.5. The van der Waals surface area contributed by atoms with Crippen LogP contribution in [0.2, 0.25) is 0 Å². The summed E-state index contributed by atoms with van der Waals surface area (Å²) in [6, 6.07) is 8.54. The minimum atomic E-state index is 0.311. The number of hydrogen-bond donors (Lipinski definition) is 2. The predicted molar refractivity (Wildman–Crippen MR) is 117 cm³/mol. The first kappa shape index (κ1) is 17.7. The van der Waals surface area contributed by atoms with Gasteiger partial charge in [0.05, 0.1) is 11.6 Å². The van der Waals surface area contributed by atoms with Crippen LogP contribution in [0.3, 0.4) is 0 Å². The van der Waals surface area contributed by atoms with Crippen LogP contribution >= 0.6 is 0 Å². The Morgan fingerprint density at radius 3 is 2.87 bits per heavy atom. The largest absolute Gasteiger partial charge is 0.356 e. The smallest absolute Gasteiger partial charge is 0.223 e. The van der Waals surface area contributed by atoms with Crippen molar-refractivity contribution in [2.45, 2.75) is 31.6 Å². The minimum Gasteiger partial charge on any atom is -0.356 e. The highest BCUT2D eigenvalue weighted by molar-refractivity contribution is 5.90. The highest BCUT2D eigenvalue weighted by Crippen LogP contribution is 2.69. The molecule has 3 aliphatic carbocycles. The van der Waals surface area contributed by atoms with Gasteiger partial charge in [0.15, 0.2) is 5.65 Å². The number of H-pyrrole nitrogens is 1. The fraction of sp³-hybridized carbons (Fsp3) is 0.500. The summed E-state index contributed by atoms with van der Waals surface area (Å²) in [6.07, 6.45) is 8.43. The zero-order valence-corrected chi connectivity index (χ0v) is 17.4. The topological polar surface area (TPSA) is 86.8 Å². The number of carbonyl (C=O) groups excluding carboxylic acids is 1. The maximum atomic E-state index is 12.8. The monoisotopic (exact) mass is 414 g/mol. The molecule has 3 fully saturated rings. The third-order valence-electron chi connectivity index (χ3n) is 8.38. The first-order valence-corrected chi connectivity index (χ1v) is 11.6. The number of rotatable bonds is 5. The maximum Gasteiger partial charge on any atom is 0.223 e. The van der Waals surface area contributed by atoms with E-state index in [0.717, 1.165) is 48.2 Å². The van der Waals surface area contributed by atoms with Gasteiger partial charge >= 0.3 is 0 Å². The molecular weight excluding hydrogens is 388 g/mol. The third kappa shape index (κ3) is 2.58. The lowest BCUT2D eigenvalue weighted by molar-refractivity contribution is -0.123. The molecule has 4 aliphatic rings. The van der Waals surface area contributed by atoms with E-state index >= 15 is 0 Å². The molecule has 7 nitrogen and oxygen atoms in total. The number of nitrogens with zero attached hydrogens (tertiary/aromatic N) is 4. The predicted octanol–water partition coefficient (Wildman–Crippen LogP) is 3.39. The summed E-state index contributed by atoms with van der Waals surface area (Å²) in [5.41, 5.74) is 3.27. The van der Waals surface area contributed by atoms with Crippen LogP contribution in [0.5, 0.6) is 0 Å². The molecule has 2 bridgehead atoms. The number of aromatic amines is 1. The Kier molecular flexibility index (Phi) is 3.72. The van der Waals surface area contributed by atoms with Crippen molar-refractivity contribution in [3.8, 4) is 0 Å².